The van der Waals surface area contributed by atoms with Crippen LogP contribution in [0.5, 0.6) is 0 Å². The Bertz CT molecular complexity index is 1300. The second-order valence-electron chi connectivity index (χ2n) is 10.4. The molecular weight excluding hydrogens is 502 g/mol. The van der Waals surface area contributed by atoms with Crippen molar-refractivity contribution in [3.05, 3.63) is 76.1 Å². The predicted molar refractivity (Wildman–Crippen MR) is 150 cm³/mol. The van der Waals surface area contributed by atoms with Crippen molar-refractivity contribution in [2.24, 2.45) is 5.92 Å². The van der Waals surface area contributed by atoms with Crippen LogP contribution in [0.15, 0.2) is 48.5 Å². The number of aliphatic hydroxyl groups excluding tert-OH is 1. The third kappa shape index (κ3) is 5.42. The zero-order valence-corrected chi connectivity index (χ0v) is 22.5. The minimum atomic E-state index is -1.17. The lowest BCUT2D eigenvalue weighted by Gasteiger charge is -2.31. The zero-order chi connectivity index (χ0) is 26.8. The van der Waals surface area contributed by atoms with Gasteiger partial charge in [-0.2, -0.15) is 0 Å². The van der Waals surface area contributed by atoms with Gasteiger partial charge in [0.2, 0.25) is 5.82 Å². The number of carbonyl (C=O) groups is 1. The number of carboxylic acids is 1. The van der Waals surface area contributed by atoms with Crippen LogP contribution < -0.4 is 15.1 Å². The summed E-state index contributed by atoms with van der Waals surface area (Å²) in [6.45, 7) is 3.18. The van der Waals surface area contributed by atoms with Crippen LogP contribution in [0.4, 0.5) is 17.3 Å². The van der Waals surface area contributed by atoms with E-state index < -0.39 is 5.97 Å². The smallest absolute Gasteiger partial charge is 0.374 e. The number of benzene rings is 2. The summed E-state index contributed by atoms with van der Waals surface area (Å²) in [6, 6.07) is 16.0. The monoisotopic (exact) mass is 535 g/mol. The number of anilines is 3. The number of fused-ring (bicyclic) bond motifs is 1. The van der Waals surface area contributed by atoms with Gasteiger partial charge in [-0.05, 0) is 61.8 Å². The van der Waals surface area contributed by atoms with Gasteiger partial charge in [-0.1, -0.05) is 60.0 Å². The van der Waals surface area contributed by atoms with Gasteiger partial charge in [-0.15, -0.1) is 0 Å². The van der Waals surface area contributed by atoms with E-state index in [2.05, 4.69) is 45.3 Å². The van der Waals surface area contributed by atoms with Crippen molar-refractivity contribution in [2.45, 2.75) is 57.8 Å². The van der Waals surface area contributed by atoms with Crippen molar-refractivity contribution in [1.29, 1.82) is 0 Å². The average molecular weight is 536 g/mol. The number of nitrogens with one attached hydrogen (secondary N) is 1. The largest absolute Gasteiger partial charge is 0.475 e. The van der Waals surface area contributed by atoms with Gasteiger partial charge in [-0.25, -0.2) is 14.8 Å². The van der Waals surface area contributed by atoms with Crippen LogP contribution in [-0.2, 0) is 6.54 Å². The van der Waals surface area contributed by atoms with Crippen LogP contribution in [-0.4, -0.2) is 45.8 Å². The first-order valence-electron chi connectivity index (χ1n) is 13.2. The summed E-state index contributed by atoms with van der Waals surface area (Å²) in [5.74, 6) is 0.0451. The molecule has 1 aromatic heterocycles. The molecule has 3 N–H and O–H groups in total. The Labute approximate surface area is 228 Å². The van der Waals surface area contributed by atoms with Crippen molar-refractivity contribution in [1.82, 2.24) is 9.97 Å². The van der Waals surface area contributed by atoms with Crippen LogP contribution in [0.3, 0.4) is 0 Å². The van der Waals surface area contributed by atoms with Crippen molar-refractivity contribution in [2.75, 3.05) is 28.7 Å². The molecule has 2 unspecified atom stereocenters. The van der Waals surface area contributed by atoms with E-state index in [1.807, 2.05) is 42.3 Å². The second kappa shape index (κ2) is 11.2. The standard InChI is InChI=1S/C29H34ClN5O3/c1-18-6-3-9-21(16-18)28-34(2)27-24(35(28)17-19-11-13-22(30)14-12-19)25(32-26(33-27)29(37)38)31-15-5-10-23(36)20-7-4-8-20/h3,6,9,11-14,16,20,23,28,36H,4-5,7-8,10,15,17H2,1-2H3,(H,37,38)(H,31,32,33). The molecule has 8 nitrogen and oxygen atoms in total. The molecule has 2 aromatic carbocycles. The van der Waals surface area contributed by atoms with E-state index >= 15 is 0 Å². The fourth-order valence-corrected chi connectivity index (χ4v) is 5.51. The number of nitrogens with zero attached hydrogens (tertiary/aromatic N) is 4. The molecule has 0 saturated heterocycles. The Hall–Kier alpha value is -3.36. The number of aliphatic hydroxyl groups is 1. The van der Waals surface area contributed by atoms with Gasteiger partial charge in [0.25, 0.3) is 0 Å². The first-order chi connectivity index (χ1) is 18.3. The lowest BCUT2D eigenvalue weighted by molar-refractivity contribution is 0.0549. The molecule has 0 amide bonds. The van der Waals surface area contributed by atoms with Gasteiger partial charge in [-0.3, -0.25) is 0 Å². The molecule has 3 aromatic rings. The maximum Gasteiger partial charge on any atom is 0.374 e. The van der Waals surface area contributed by atoms with Gasteiger partial charge >= 0.3 is 5.97 Å². The van der Waals surface area contributed by atoms with Gasteiger partial charge in [0.05, 0.1) is 6.10 Å². The summed E-state index contributed by atoms with van der Waals surface area (Å²) in [6.07, 6.45) is 4.37. The summed E-state index contributed by atoms with van der Waals surface area (Å²) < 4.78 is 0. The second-order valence-corrected chi connectivity index (χ2v) is 10.8. The molecule has 1 saturated carbocycles. The number of hydrogen-bond donors (Lipinski definition) is 3. The molecule has 0 bridgehead atoms. The minimum Gasteiger partial charge on any atom is -0.475 e. The summed E-state index contributed by atoms with van der Waals surface area (Å²) >= 11 is 6.15. The number of carboxylic acid groups (broad SMARTS) is 1. The Morgan fingerprint density at radius 1 is 1.18 bits per heavy atom. The quantitative estimate of drug-likeness (QED) is 0.286. The van der Waals surface area contributed by atoms with E-state index in [1.165, 1.54) is 6.42 Å². The molecule has 5 rings (SSSR count). The molecule has 2 aliphatic rings. The highest BCUT2D eigenvalue weighted by molar-refractivity contribution is 6.30. The fourth-order valence-electron chi connectivity index (χ4n) is 5.38. The molecule has 200 valence electrons. The van der Waals surface area contributed by atoms with Crippen molar-refractivity contribution >= 4 is 34.9 Å². The average Bonchev–Trinajstić information content (AvgIpc) is 3.13. The molecule has 1 aliphatic heterocycles. The maximum atomic E-state index is 12.0. The lowest BCUT2D eigenvalue weighted by Crippen LogP contribution is -2.33. The highest BCUT2D eigenvalue weighted by atomic mass is 35.5. The summed E-state index contributed by atoms with van der Waals surface area (Å²) in [4.78, 5) is 25.1. The number of aromatic nitrogens is 2. The number of rotatable bonds is 10. The number of halogens is 1. The predicted octanol–water partition coefficient (Wildman–Crippen LogP) is 5.64. The normalized spacial score (nSPS) is 17.7. The summed E-state index contributed by atoms with van der Waals surface area (Å²) in [5, 5.41) is 24.3. The van der Waals surface area contributed by atoms with E-state index in [0.29, 0.717) is 42.1 Å². The van der Waals surface area contributed by atoms with Gasteiger partial charge in [0.15, 0.2) is 11.6 Å². The molecule has 2 heterocycles. The van der Waals surface area contributed by atoms with Gasteiger partial charge in [0.1, 0.15) is 11.9 Å². The van der Waals surface area contributed by atoms with Crippen molar-refractivity contribution in [3.63, 3.8) is 0 Å². The van der Waals surface area contributed by atoms with Crippen LogP contribution >= 0.6 is 11.6 Å². The van der Waals surface area contributed by atoms with Crippen LogP contribution in [0, 0.1) is 12.8 Å². The molecule has 1 aliphatic carbocycles. The first kappa shape index (κ1) is 26.3. The molecule has 9 heteroatoms. The van der Waals surface area contributed by atoms with E-state index in [0.717, 1.165) is 41.6 Å². The van der Waals surface area contributed by atoms with E-state index in [4.69, 9.17) is 11.6 Å². The first-order valence-corrected chi connectivity index (χ1v) is 13.6. The van der Waals surface area contributed by atoms with Crippen molar-refractivity contribution in [3.8, 4) is 0 Å². The molecule has 2 atom stereocenters. The van der Waals surface area contributed by atoms with Crippen molar-refractivity contribution < 1.29 is 15.0 Å². The highest BCUT2D eigenvalue weighted by Gasteiger charge is 2.39. The van der Waals surface area contributed by atoms with E-state index in [9.17, 15) is 15.0 Å². The summed E-state index contributed by atoms with van der Waals surface area (Å²) in [7, 11) is 1.94. The fraction of sp³-hybridized carbons (Fsp3) is 0.414. The Morgan fingerprint density at radius 3 is 2.61 bits per heavy atom. The van der Waals surface area contributed by atoms with Crippen LogP contribution in [0.25, 0.3) is 0 Å². The molecule has 1 fully saturated rings. The Morgan fingerprint density at radius 2 is 1.95 bits per heavy atom. The molecule has 0 spiro atoms. The highest BCUT2D eigenvalue weighted by Crippen LogP contribution is 2.48. The lowest BCUT2D eigenvalue weighted by atomic mass is 9.80. The number of aromatic carboxylic acids is 1. The molecule has 38 heavy (non-hydrogen) atoms. The zero-order valence-electron chi connectivity index (χ0n) is 21.8. The summed E-state index contributed by atoms with van der Waals surface area (Å²) in [5.41, 5.74) is 4.04. The molecular formula is C29H34ClN5O3. The number of hydrogen-bond acceptors (Lipinski definition) is 7. The van der Waals surface area contributed by atoms with Gasteiger partial charge < -0.3 is 25.3 Å². The Balaban J connectivity index is 1.49. The SMILES string of the molecule is Cc1cccc(C2N(C)c3nc(C(=O)O)nc(NCCCC(O)C4CCC4)c3N2Cc2ccc(Cl)cc2)c1. The van der Waals surface area contributed by atoms with Crippen LogP contribution in [0.1, 0.15) is 65.6 Å². The van der Waals surface area contributed by atoms with E-state index in [1.54, 1.807) is 0 Å². The third-order valence-electron chi connectivity index (χ3n) is 7.61. The number of aryl methyl sites for hydroxylation is 1. The van der Waals surface area contributed by atoms with E-state index in [-0.39, 0.29) is 18.1 Å². The Kier molecular flexibility index (Phi) is 7.72. The third-order valence-corrected chi connectivity index (χ3v) is 7.86. The minimum absolute atomic E-state index is 0.208. The van der Waals surface area contributed by atoms with Crippen LogP contribution in [0.2, 0.25) is 5.02 Å². The maximum absolute atomic E-state index is 12.0. The molecule has 0 radical (unpaired) electrons. The topological polar surface area (TPSA) is 102 Å². The van der Waals surface area contributed by atoms with Gasteiger partial charge in [0, 0.05) is 25.2 Å².